The highest BCUT2D eigenvalue weighted by atomic mass is 16.5. The predicted molar refractivity (Wildman–Crippen MR) is 54.9 cm³/mol. The summed E-state index contributed by atoms with van der Waals surface area (Å²) in [5, 5.41) is 2.74. The van der Waals surface area contributed by atoms with Crippen LogP contribution in [0.3, 0.4) is 0 Å². The van der Waals surface area contributed by atoms with Crippen LogP contribution in [0.4, 0.5) is 5.82 Å². The zero-order chi connectivity index (χ0) is 10.8. The van der Waals surface area contributed by atoms with Crippen molar-refractivity contribution in [1.82, 2.24) is 9.97 Å². The molecular formula is C10H13N3O2. The van der Waals surface area contributed by atoms with E-state index in [9.17, 15) is 4.79 Å². The topological polar surface area (TPSA) is 64.1 Å². The maximum absolute atomic E-state index is 11.2. The molecule has 15 heavy (non-hydrogen) atoms. The minimum atomic E-state index is 0.00491. The van der Waals surface area contributed by atoms with Crippen molar-refractivity contribution in [3.05, 3.63) is 11.4 Å². The summed E-state index contributed by atoms with van der Waals surface area (Å²) in [7, 11) is 1.58. The van der Waals surface area contributed by atoms with Crippen LogP contribution in [0.2, 0.25) is 0 Å². The summed E-state index contributed by atoms with van der Waals surface area (Å²) in [5.74, 6) is 1.88. The molecule has 1 N–H and O–H groups in total. The smallest absolute Gasteiger partial charge is 0.225 e. The van der Waals surface area contributed by atoms with Crippen LogP contribution < -0.4 is 10.1 Å². The Bertz CT molecular complexity index is 404. The van der Waals surface area contributed by atoms with Gasteiger partial charge in [0.15, 0.2) is 0 Å². The van der Waals surface area contributed by atoms with Gasteiger partial charge in [0.2, 0.25) is 11.8 Å². The van der Waals surface area contributed by atoms with E-state index in [-0.39, 0.29) is 5.91 Å². The molecular weight excluding hydrogens is 194 g/mol. The third-order valence-corrected chi connectivity index (χ3v) is 2.38. The minimum absolute atomic E-state index is 0.00491. The number of aromatic nitrogens is 2. The largest absolute Gasteiger partial charge is 0.481 e. The summed E-state index contributed by atoms with van der Waals surface area (Å²) in [6.45, 7) is 1.96. The van der Waals surface area contributed by atoms with Gasteiger partial charge in [-0.3, -0.25) is 4.79 Å². The van der Waals surface area contributed by atoms with Gasteiger partial charge in [-0.2, -0.15) is 4.98 Å². The van der Waals surface area contributed by atoms with Gasteiger partial charge in [0.05, 0.1) is 12.7 Å². The van der Waals surface area contributed by atoms with Gasteiger partial charge in [0, 0.05) is 12.8 Å². The Labute approximate surface area is 87.9 Å². The Kier molecular flexibility index (Phi) is 2.53. The first-order valence-corrected chi connectivity index (χ1v) is 4.98. The number of methoxy groups -OCH3 is 1. The quantitative estimate of drug-likeness (QED) is 0.783. The first-order chi connectivity index (χ1) is 7.24. The van der Waals surface area contributed by atoms with Crippen LogP contribution in [0.25, 0.3) is 0 Å². The lowest BCUT2D eigenvalue weighted by atomic mass is 10.1. The number of carbonyl (C=O) groups is 1. The molecule has 1 amide bonds. The SMILES string of the molecule is CCc1nc2c(c(OC)n1)CCC(=O)N2. The molecule has 0 atom stereocenters. The number of amides is 1. The summed E-state index contributed by atoms with van der Waals surface area (Å²) < 4.78 is 5.19. The van der Waals surface area contributed by atoms with Crippen molar-refractivity contribution in [1.29, 1.82) is 0 Å². The number of nitrogens with one attached hydrogen (secondary N) is 1. The number of rotatable bonds is 2. The van der Waals surface area contributed by atoms with E-state index in [1.54, 1.807) is 7.11 Å². The van der Waals surface area contributed by atoms with Crippen LogP contribution in [0.5, 0.6) is 5.88 Å². The molecule has 0 saturated heterocycles. The van der Waals surface area contributed by atoms with E-state index < -0.39 is 0 Å². The summed E-state index contributed by atoms with van der Waals surface area (Å²) >= 11 is 0. The van der Waals surface area contributed by atoms with E-state index in [1.807, 2.05) is 6.92 Å². The van der Waals surface area contributed by atoms with Crippen molar-refractivity contribution < 1.29 is 9.53 Å². The molecule has 1 aromatic rings. The standard InChI is InChI=1S/C10H13N3O2/c1-3-7-11-9-6(10(12-7)15-2)4-5-8(14)13-9/h3-5H2,1-2H3,(H,11,12,13,14). The van der Waals surface area contributed by atoms with Gasteiger partial charge in [-0.15, -0.1) is 0 Å². The number of aryl methyl sites for hydroxylation is 1. The van der Waals surface area contributed by atoms with Gasteiger partial charge in [-0.25, -0.2) is 4.98 Å². The highest BCUT2D eigenvalue weighted by molar-refractivity contribution is 5.93. The zero-order valence-electron chi connectivity index (χ0n) is 8.83. The molecule has 5 heteroatoms. The van der Waals surface area contributed by atoms with Crippen molar-refractivity contribution >= 4 is 11.7 Å². The minimum Gasteiger partial charge on any atom is -0.481 e. The van der Waals surface area contributed by atoms with E-state index >= 15 is 0 Å². The monoisotopic (exact) mass is 207 g/mol. The second-order valence-electron chi connectivity index (χ2n) is 3.38. The van der Waals surface area contributed by atoms with Gasteiger partial charge in [-0.05, 0) is 6.42 Å². The highest BCUT2D eigenvalue weighted by Gasteiger charge is 2.21. The fourth-order valence-electron chi connectivity index (χ4n) is 1.60. The summed E-state index contributed by atoms with van der Waals surface area (Å²) in [4.78, 5) is 19.7. The number of carbonyl (C=O) groups excluding carboxylic acids is 1. The highest BCUT2D eigenvalue weighted by Crippen LogP contribution is 2.27. The molecule has 0 fully saturated rings. The van der Waals surface area contributed by atoms with Crippen molar-refractivity contribution in [3.8, 4) is 5.88 Å². The summed E-state index contributed by atoms with van der Waals surface area (Å²) in [5.41, 5.74) is 0.898. The molecule has 0 aromatic carbocycles. The maximum Gasteiger partial charge on any atom is 0.225 e. The third kappa shape index (κ3) is 1.77. The number of ether oxygens (including phenoxy) is 1. The lowest BCUT2D eigenvalue weighted by Crippen LogP contribution is -2.22. The Hall–Kier alpha value is -1.65. The summed E-state index contributed by atoms with van der Waals surface area (Å²) in [6.07, 6.45) is 1.84. The van der Waals surface area contributed by atoms with E-state index in [4.69, 9.17) is 4.74 Å². The molecule has 0 saturated carbocycles. The van der Waals surface area contributed by atoms with Crippen LogP contribution in [0.15, 0.2) is 0 Å². The fourth-order valence-corrected chi connectivity index (χ4v) is 1.60. The van der Waals surface area contributed by atoms with E-state index in [1.165, 1.54) is 0 Å². The van der Waals surface area contributed by atoms with E-state index in [0.29, 0.717) is 30.4 Å². The molecule has 1 aliphatic heterocycles. The second-order valence-corrected chi connectivity index (χ2v) is 3.38. The van der Waals surface area contributed by atoms with Gasteiger partial charge in [0.25, 0.3) is 0 Å². The molecule has 0 spiro atoms. The van der Waals surface area contributed by atoms with Crippen LogP contribution in [-0.4, -0.2) is 23.0 Å². The van der Waals surface area contributed by atoms with Crippen molar-refractivity contribution in [2.45, 2.75) is 26.2 Å². The van der Waals surface area contributed by atoms with Crippen molar-refractivity contribution in [2.75, 3.05) is 12.4 Å². The molecule has 0 radical (unpaired) electrons. The first-order valence-electron chi connectivity index (χ1n) is 4.98. The average molecular weight is 207 g/mol. The van der Waals surface area contributed by atoms with Crippen LogP contribution in [0.1, 0.15) is 24.7 Å². The van der Waals surface area contributed by atoms with E-state index in [0.717, 1.165) is 12.0 Å². The van der Waals surface area contributed by atoms with Crippen LogP contribution in [-0.2, 0) is 17.6 Å². The number of hydrogen-bond acceptors (Lipinski definition) is 4. The number of hydrogen-bond donors (Lipinski definition) is 1. The normalized spacial score (nSPS) is 14.4. The average Bonchev–Trinajstić information content (AvgIpc) is 2.26. The molecule has 5 nitrogen and oxygen atoms in total. The molecule has 0 bridgehead atoms. The lowest BCUT2D eigenvalue weighted by Gasteiger charge is -2.18. The zero-order valence-corrected chi connectivity index (χ0v) is 8.83. The van der Waals surface area contributed by atoms with Crippen molar-refractivity contribution in [2.24, 2.45) is 0 Å². The molecule has 0 unspecified atom stereocenters. The van der Waals surface area contributed by atoms with Crippen molar-refractivity contribution in [3.63, 3.8) is 0 Å². The predicted octanol–water partition coefficient (Wildman–Crippen LogP) is 0.932. The molecule has 80 valence electrons. The van der Waals surface area contributed by atoms with Gasteiger partial charge < -0.3 is 10.1 Å². The second kappa shape index (κ2) is 3.84. The van der Waals surface area contributed by atoms with E-state index in [2.05, 4.69) is 15.3 Å². The van der Waals surface area contributed by atoms with Crippen LogP contribution >= 0.6 is 0 Å². The lowest BCUT2D eigenvalue weighted by molar-refractivity contribution is -0.116. The van der Waals surface area contributed by atoms with Gasteiger partial charge in [-0.1, -0.05) is 6.92 Å². The Morgan fingerprint density at radius 3 is 2.87 bits per heavy atom. The Morgan fingerprint density at radius 1 is 1.40 bits per heavy atom. The van der Waals surface area contributed by atoms with Gasteiger partial charge >= 0.3 is 0 Å². The molecule has 0 aliphatic carbocycles. The Balaban J connectivity index is 2.49. The number of anilines is 1. The Morgan fingerprint density at radius 2 is 2.20 bits per heavy atom. The maximum atomic E-state index is 11.2. The molecule has 1 aromatic heterocycles. The summed E-state index contributed by atoms with van der Waals surface area (Å²) in [6, 6.07) is 0. The number of fused-ring (bicyclic) bond motifs is 1. The van der Waals surface area contributed by atoms with Gasteiger partial charge in [0.1, 0.15) is 11.6 Å². The first kappa shape index (κ1) is 9.89. The van der Waals surface area contributed by atoms with Crippen LogP contribution in [0, 0.1) is 0 Å². The molecule has 2 heterocycles. The molecule has 1 aliphatic rings. The third-order valence-electron chi connectivity index (χ3n) is 2.38. The fraction of sp³-hybridized carbons (Fsp3) is 0.500. The number of nitrogens with zero attached hydrogens (tertiary/aromatic N) is 2. The molecule has 2 rings (SSSR count).